The van der Waals surface area contributed by atoms with Gasteiger partial charge in [-0.15, -0.1) is 0 Å². The molecule has 1 aromatic carbocycles. The highest BCUT2D eigenvalue weighted by Gasteiger charge is 2.34. The Morgan fingerprint density at radius 1 is 1.30 bits per heavy atom. The molecule has 0 saturated carbocycles. The van der Waals surface area contributed by atoms with E-state index < -0.39 is 27.5 Å². The number of carbonyl (C=O) groups excluding carboxylic acids is 1. The van der Waals surface area contributed by atoms with Gasteiger partial charge in [-0.2, -0.15) is 0 Å². The monoisotopic (exact) mass is 702 g/mol. The lowest BCUT2D eigenvalue weighted by molar-refractivity contribution is 0.00618. The molecule has 3 aromatic rings. The molecule has 0 unspecified atom stereocenters. The fourth-order valence-corrected chi connectivity index (χ4v) is 5.76. The molecule has 4 rings (SSSR count). The zero-order chi connectivity index (χ0) is 29.4. The van der Waals surface area contributed by atoms with E-state index in [1.54, 1.807) is 32.9 Å². The third kappa shape index (κ3) is 6.52. The molecule has 40 heavy (non-hydrogen) atoms. The van der Waals surface area contributed by atoms with Crippen molar-refractivity contribution in [1.82, 2.24) is 19.2 Å². The van der Waals surface area contributed by atoms with E-state index in [1.807, 2.05) is 29.5 Å². The van der Waals surface area contributed by atoms with E-state index in [0.29, 0.717) is 5.39 Å². The number of aromatic nitrogens is 2. The molecule has 10 nitrogen and oxygen atoms in total. The molecule has 0 radical (unpaired) electrons. The second kappa shape index (κ2) is 11.5. The molecule has 0 bridgehead atoms. The zero-order valence-electron chi connectivity index (χ0n) is 22.3. The summed E-state index contributed by atoms with van der Waals surface area (Å²) in [5.41, 5.74) is 6.93. The maximum atomic E-state index is 14.9. The molecule has 14 heteroatoms. The van der Waals surface area contributed by atoms with Crippen molar-refractivity contribution in [3.8, 4) is 0 Å². The summed E-state index contributed by atoms with van der Waals surface area (Å²) >= 11 is 8.04. The van der Waals surface area contributed by atoms with Crippen molar-refractivity contribution in [3.05, 3.63) is 70.5 Å². The molecule has 1 fully saturated rings. The summed E-state index contributed by atoms with van der Waals surface area (Å²) in [5, 5.41) is 3.59. The van der Waals surface area contributed by atoms with Crippen molar-refractivity contribution in [1.29, 1.82) is 0 Å². The van der Waals surface area contributed by atoms with Crippen LogP contribution in [0.15, 0.2) is 64.3 Å². The van der Waals surface area contributed by atoms with E-state index in [-0.39, 0.29) is 56.3 Å². The highest BCUT2D eigenvalue weighted by atomic mass is 127. The second-order valence-electron chi connectivity index (χ2n) is 10.3. The highest BCUT2D eigenvalue weighted by molar-refractivity contribution is 14.1. The van der Waals surface area contributed by atoms with Gasteiger partial charge in [0.1, 0.15) is 11.4 Å². The molecule has 0 aliphatic carbocycles. The van der Waals surface area contributed by atoms with Crippen LogP contribution < -0.4 is 11.1 Å². The minimum absolute atomic E-state index is 0.0102. The van der Waals surface area contributed by atoms with Crippen LogP contribution in [0.1, 0.15) is 31.9 Å². The van der Waals surface area contributed by atoms with Crippen molar-refractivity contribution >= 4 is 67.2 Å². The number of alkyl halides is 1. The third-order valence-corrected chi connectivity index (χ3v) is 8.45. The fraction of sp³-hybridized carbons (Fsp3) is 0.346. The van der Waals surface area contributed by atoms with Gasteiger partial charge < -0.3 is 20.7 Å². The summed E-state index contributed by atoms with van der Waals surface area (Å²) < 4.78 is 48.3. The van der Waals surface area contributed by atoms with E-state index in [4.69, 9.17) is 22.1 Å². The number of amidine groups is 1. The SMILES string of the molecule is Cc1ccc(S(=O)(=O)n2cc(/C(N)=N/C(NC3CN(C(=O)OC(C)(C)C)C3)=C(/F)CI)c3cc(Cl)cnc32)cc1. The number of allylic oxidation sites excluding steroid dienone is 1. The first-order valence-corrected chi connectivity index (χ1v) is 15.6. The van der Waals surface area contributed by atoms with Gasteiger partial charge in [0.25, 0.3) is 10.0 Å². The van der Waals surface area contributed by atoms with Gasteiger partial charge in [-0.3, -0.25) is 0 Å². The smallest absolute Gasteiger partial charge is 0.410 e. The van der Waals surface area contributed by atoms with Crippen LogP contribution in [0.4, 0.5) is 9.18 Å². The molecule has 1 saturated heterocycles. The number of carbonyl (C=O) groups is 1. The normalized spacial score (nSPS) is 15.6. The van der Waals surface area contributed by atoms with E-state index in [0.717, 1.165) is 9.54 Å². The van der Waals surface area contributed by atoms with Gasteiger partial charge in [0.15, 0.2) is 17.3 Å². The summed E-state index contributed by atoms with van der Waals surface area (Å²) in [6, 6.07) is 7.64. The van der Waals surface area contributed by atoms with E-state index in [2.05, 4.69) is 15.3 Å². The summed E-state index contributed by atoms with van der Waals surface area (Å²) in [4.78, 5) is 22.3. The minimum atomic E-state index is -4.05. The number of hydrogen-bond donors (Lipinski definition) is 2. The van der Waals surface area contributed by atoms with Gasteiger partial charge in [0.05, 0.1) is 20.4 Å². The average molecular weight is 703 g/mol. The molecule has 2 aromatic heterocycles. The Morgan fingerprint density at radius 2 is 1.95 bits per heavy atom. The van der Waals surface area contributed by atoms with Crippen LogP contribution in [0.5, 0.6) is 0 Å². The number of nitrogens with zero attached hydrogens (tertiary/aromatic N) is 4. The average Bonchev–Trinajstić information content (AvgIpc) is 3.23. The van der Waals surface area contributed by atoms with Crippen LogP contribution in [0.2, 0.25) is 5.02 Å². The number of ether oxygens (including phenoxy) is 1. The number of nitrogens with one attached hydrogen (secondary N) is 1. The van der Waals surface area contributed by atoms with Crippen LogP contribution in [-0.4, -0.2) is 63.4 Å². The van der Waals surface area contributed by atoms with Crippen molar-refractivity contribution < 1.29 is 22.3 Å². The molecule has 1 aliphatic heterocycles. The first-order valence-electron chi connectivity index (χ1n) is 12.2. The molecule has 0 atom stereocenters. The molecular formula is C26H29ClFIN6O4S. The number of benzene rings is 1. The number of aryl methyl sites for hydroxylation is 1. The van der Waals surface area contributed by atoms with Crippen molar-refractivity contribution in [2.45, 2.75) is 44.2 Å². The lowest BCUT2D eigenvalue weighted by Gasteiger charge is -2.40. The lowest BCUT2D eigenvalue weighted by atomic mass is 10.1. The molecule has 214 valence electrons. The Hall–Kier alpha value is -2.91. The predicted octanol–water partition coefficient (Wildman–Crippen LogP) is 4.72. The Balaban J connectivity index is 1.66. The van der Waals surface area contributed by atoms with E-state index >= 15 is 0 Å². The van der Waals surface area contributed by atoms with Gasteiger partial charge in [-0.05, 0) is 45.9 Å². The zero-order valence-corrected chi connectivity index (χ0v) is 26.0. The van der Waals surface area contributed by atoms with Crippen molar-refractivity contribution in [2.24, 2.45) is 10.7 Å². The number of amides is 1. The summed E-state index contributed by atoms with van der Waals surface area (Å²) in [5.74, 6) is -0.817. The number of rotatable bonds is 7. The van der Waals surface area contributed by atoms with Crippen LogP contribution >= 0.6 is 34.2 Å². The number of likely N-dealkylation sites (tertiary alicyclic amines) is 1. The van der Waals surface area contributed by atoms with Gasteiger partial charge >= 0.3 is 6.09 Å². The van der Waals surface area contributed by atoms with E-state index in [9.17, 15) is 17.6 Å². The molecule has 0 spiro atoms. The molecule has 1 amide bonds. The van der Waals surface area contributed by atoms with Gasteiger partial charge in [0.2, 0.25) is 0 Å². The van der Waals surface area contributed by atoms with Crippen molar-refractivity contribution in [3.63, 3.8) is 0 Å². The van der Waals surface area contributed by atoms with Crippen molar-refractivity contribution in [2.75, 3.05) is 17.5 Å². The second-order valence-corrected chi connectivity index (χ2v) is 13.3. The largest absolute Gasteiger partial charge is 0.444 e. The third-order valence-electron chi connectivity index (χ3n) is 5.91. The number of aliphatic imine (C=N–C) groups is 1. The summed E-state index contributed by atoms with van der Waals surface area (Å²) in [7, 11) is -4.05. The fourth-order valence-electron chi connectivity index (χ4n) is 3.92. The summed E-state index contributed by atoms with van der Waals surface area (Å²) in [6.07, 6.45) is 2.17. The number of nitrogens with two attached hydrogens (primary N) is 1. The predicted molar refractivity (Wildman–Crippen MR) is 161 cm³/mol. The molecule has 3 heterocycles. The molecular weight excluding hydrogens is 674 g/mol. The Labute approximate surface area is 250 Å². The van der Waals surface area contributed by atoms with Gasteiger partial charge in [-0.1, -0.05) is 51.9 Å². The number of pyridine rings is 1. The Kier molecular flexibility index (Phi) is 8.66. The first-order chi connectivity index (χ1) is 18.7. The topological polar surface area (TPSA) is 132 Å². The van der Waals surface area contributed by atoms with Crippen LogP contribution in [-0.2, 0) is 14.8 Å². The van der Waals surface area contributed by atoms with Gasteiger partial charge in [-0.25, -0.2) is 31.6 Å². The highest BCUT2D eigenvalue weighted by Crippen LogP contribution is 2.28. The number of halogens is 3. The number of fused-ring (bicyclic) bond motifs is 1. The maximum absolute atomic E-state index is 14.9. The Morgan fingerprint density at radius 3 is 2.55 bits per heavy atom. The van der Waals surface area contributed by atoms with Gasteiger partial charge in [0, 0.05) is 36.4 Å². The Bertz CT molecular complexity index is 1610. The first kappa shape index (κ1) is 30.1. The van der Waals surface area contributed by atoms with E-state index in [1.165, 1.54) is 35.5 Å². The van der Waals surface area contributed by atoms with Crippen LogP contribution in [0.3, 0.4) is 0 Å². The maximum Gasteiger partial charge on any atom is 0.410 e. The minimum Gasteiger partial charge on any atom is -0.444 e. The van der Waals surface area contributed by atoms with Crippen LogP contribution in [0, 0.1) is 6.92 Å². The molecule has 1 aliphatic rings. The summed E-state index contributed by atoms with van der Waals surface area (Å²) in [6.45, 7) is 7.76. The molecule has 3 N–H and O–H groups in total. The van der Waals surface area contributed by atoms with Crippen LogP contribution in [0.25, 0.3) is 11.0 Å². The number of hydrogen-bond acceptors (Lipinski definition) is 7. The quantitative estimate of drug-likeness (QED) is 0.158. The standard InChI is InChI=1S/C26H29ClFIN6O4S/c1-15-5-7-18(8-6-15)40(37,38)35-14-20(19-9-16(27)11-31-24(19)35)22(30)33-23(21(28)10-29)32-17-12-34(13-17)25(36)39-26(2,3)4/h5-9,11,14,17,32H,10,12-13H2,1-4H3,(H2,30,33)/b23-21+. The lowest BCUT2D eigenvalue weighted by Crippen LogP contribution is -2.60.